The molecule has 0 amide bonds. The number of benzene rings is 1. The van der Waals surface area contributed by atoms with E-state index >= 15 is 0 Å². The Morgan fingerprint density at radius 1 is 1.32 bits per heavy atom. The Morgan fingerprint density at radius 2 is 2.05 bits per heavy atom. The van der Waals surface area contributed by atoms with Gasteiger partial charge in [0.15, 0.2) is 5.96 Å². The molecule has 0 atom stereocenters. The summed E-state index contributed by atoms with van der Waals surface area (Å²) in [5, 5.41) is 1.23. The molecule has 22 heavy (non-hydrogen) atoms. The van der Waals surface area contributed by atoms with E-state index in [4.69, 9.17) is 38.4 Å². The number of guanidine groups is 1. The zero-order valence-electron chi connectivity index (χ0n) is 12.1. The summed E-state index contributed by atoms with van der Waals surface area (Å²) >= 11 is 11.9. The van der Waals surface area contributed by atoms with Crippen molar-refractivity contribution < 1.29 is 9.47 Å². The third kappa shape index (κ3) is 6.45. The molecule has 0 saturated carbocycles. The van der Waals surface area contributed by atoms with Crippen LogP contribution in [0.2, 0.25) is 10.0 Å². The smallest absolute Gasteiger partial charge is 0.191 e. The van der Waals surface area contributed by atoms with E-state index in [1.54, 1.807) is 12.1 Å². The largest absolute Gasteiger partial charge is 0.378 e. The minimum Gasteiger partial charge on any atom is -0.378 e. The molecule has 2 N–H and O–H groups in total. The fourth-order valence-corrected chi connectivity index (χ4v) is 2.40. The van der Waals surface area contributed by atoms with E-state index in [9.17, 15) is 0 Å². The highest BCUT2D eigenvalue weighted by molar-refractivity contribution is 14.0. The van der Waals surface area contributed by atoms with Crippen molar-refractivity contribution in [3.63, 3.8) is 0 Å². The predicted octanol–water partition coefficient (Wildman–Crippen LogP) is 2.77. The molecule has 1 heterocycles. The van der Waals surface area contributed by atoms with Gasteiger partial charge in [-0.3, -0.25) is 4.99 Å². The number of hydrogen-bond donors (Lipinski definition) is 1. The lowest BCUT2D eigenvalue weighted by Gasteiger charge is -2.27. The van der Waals surface area contributed by atoms with Crippen LogP contribution in [0.1, 0.15) is 5.56 Å². The van der Waals surface area contributed by atoms with Crippen LogP contribution in [0, 0.1) is 0 Å². The van der Waals surface area contributed by atoms with Crippen LogP contribution >= 0.6 is 47.2 Å². The van der Waals surface area contributed by atoms with Gasteiger partial charge in [0.1, 0.15) is 0 Å². The molecule has 0 aromatic heterocycles. The van der Waals surface area contributed by atoms with Gasteiger partial charge in [-0.25, -0.2) is 0 Å². The molecule has 8 heteroatoms. The summed E-state index contributed by atoms with van der Waals surface area (Å²) in [6.07, 6.45) is 0. The summed E-state index contributed by atoms with van der Waals surface area (Å²) in [7, 11) is 0. The highest BCUT2D eigenvalue weighted by Crippen LogP contribution is 2.21. The Labute approximate surface area is 157 Å². The number of aliphatic imine (C=N–C) groups is 1. The quantitative estimate of drug-likeness (QED) is 0.318. The zero-order valence-corrected chi connectivity index (χ0v) is 16.0. The molecule has 1 aliphatic heterocycles. The Kier molecular flexibility index (Phi) is 9.42. The van der Waals surface area contributed by atoms with Crippen molar-refractivity contribution >= 4 is 53.1 Å². The summed E-state index contributed by atoms with van der Waals surface area (Å²) in [5.41, 5.74) is 6.82. The summed E-state index contributed by atoms with van der Waals surface area (Å²) in [6, 6.07) is 5.35. The Bertz CT molecular complexity index is 497. The Morgan fingerprint density at radius 3 is 2.73 bits per heavy atom. The van der Waals surface area contributed by atoms with E-state index in [-0.39, 0.29) is 24.0 Å². The fourth-order valence-electron chi connectivity index (χ4n) is 1.94. The van der Waals surface area contributed by atoms with Crippen LogP contribution < -0.4 is 5.73 Å². The minimum absolute atomic E-state index is 0. The van der Waals surface area contributed by atoms with Crippen LogP contribution in [0.3, 0.4) is 0 Å². The molecule has 0 bridgehead atoms. The van der Waals surface area contributed by atoms with Gasteiger partial charge in [-0.05, 0) is 17.7 Å². The van der Waals surface area contributed by atoms with Gasteiger partial charge in [-0.2, -0.15) is 0 Å². The van der Waals surface area contributed by atoms with E-state index in [1.807, 2.05) is 11.0 Å². The number of hydrogen-bond acceptors (Lipinski definition) is 3. The first-order chi connectivity index (χ1) is 10.2. The van der Waals surface area contributed by atoms with E-state index in [0.29, 0.717) is 49.0 Å². The van der Waals surface area contributed by atoms with Gasteiger partial charge in [-0.1, -0.05) is 29.3 Å². The molecule has 124 valence electrons. The van der Waals surface area contributed by atoms with Crippen LogP contribution in [-0.2, 0) is 16.1 Å². The molecule has 1 aromatic carbocycles. The molecule has 0 spiro atoms. The summed E-state index contributed by atoms with van der Waals surface area (Å²) in [6.45, 7) is 4.41. The number of nitrogens with zero attached hydrogens (tertiary/aromatic N) is 2. The van der Waals surface area contributed by atoms with E-state index in [1.165, 1.54) is 0 Å². The van der Waals surface area contributed by atoms with Crippen molar-refractivity contribution in [2.75, 3.05) is 39.5 Å². The van der Waals surface area contributed by atoms with Crippen molar-refractivity contribution in [1.82, 2.24) is 4.90 Å². The SMILES string of the molecule is I.NC(=NCCOCc1ccc(Cl)cc1Cl)N1CCOCC1. The van der Waals surface area contributed by atoms with Gasteiger partial charge in [-0.15, -0.1) is 24.0 Å². The summed E-state index contributed by atoms with van der Waals surface area (Å²) in [4.78, 5) is 6.31. The molecule has 0 radical (unpaired) electrons. The van der Waals surface area contributed by atoms with Gasteiger partial charge < -0.3 is 20.1 Å². The third-order valence-corrected chi connectivity index (χ3v) is 3.70. The first kappa shape index (κ1) is 19.8. The lowest BCUT2D eigenvalue weighted by Crippen LogP contribution is -2.44. The number of halogens is 3. The maximum Gasteiger partial charge on any atom is 0.191 e. The van der Waals surface area contributed by atoms with Crippen molar-refractivity contribution in [1.29, 1.82) is 0 Å². The second-order valence-electron chi connectivity index (χ2n) is 4.63. The molecule has 0 unspecified atom stereocenters. The first-order valence-electron chi connectivity index (χ1n) is 6.81. The first-order valence-corrected chi connectivity index (χ1v) is 7.56. The highest BCUT2D eigenvalue weighted by Gasteiger charge is 2.11. The third-order valence-electron chi connectivity index (χ3n) is 3.12. The van der Waals surface area contributed by atoms with Crippen LogP contribution in [0.4, 0.5) is 0 Å². The summed E-state index contributed by atoms with van der Waals surface area (Å²) < 4.78 is 10.8. The highest BCUT2D eigenvalue weighted by atomic mass is 127. The molecular weight excluding hydrogens is 440 g/mol. The fraction of sp³-hybridized carbons (Fsp3) is 0.500. The average molecular weight is 460 g/mol. The molecule has 1 saturated heterocycles. The standard InChI is InChI=1S/C14H19Cl2N3O2.HI/c15-12-2-1-11(13(16)9-12)10-21-6-3-18-14(17)19-4-7-20-8-5-19;/h1-2,9H,3-8,10H2,(H2,17,18);1H. The molecule has 0 aliphatic carbocycles. The molecule has 1 aliphatic rings. The second-order valence-corrected chi connectivity index (χ2v) is 5.47. The molecule has 1 fully saturated rings. The van der Waals surface area contributed by atoms with E-state index < -0.39 is 0 Å². The molecule has 1 aromatic rings. The van der Waals surface area contributed by atoms with Gasteiger partial charge in [0, 0.05) is 23.1 Å². The van der Waals surface area contributed by atoms with Gasteiger partial charge in [0.2, 0.25) is 0 Å². The minimum atomic E-state index is 0. The van der Waals surface area contributed by atoms with Gasteiger partial charge in [0.05, 0.1) is 33.0 Å². The maximum absolute atomic E-state index is 6.06. The molecule has 5 nitrogen and oxygen atoms in total. The van der Waals surface area contributed by atoms with Crippen molar-refractivity contribution in [2.24, 2.45) is 10.7 Å². The molecule has 2 rings (SSSR count). The second kappa shape index (κ2) is 10.5. The Balaban J connectivity index is 0.00000242. The van der Waals surface area contributed by atoms with Gasteiger partial charge >= 0.3 is 0 Å². The van der Waals surface area contributed by atoms with Crippen molar-refractivity contribution in [2.45, 2.75) is 6.61 Å². The van der Waals surface area contributed by atoms with E-state index in [0.717, 1.165) is 18.7 Å². The van der Waals surface area contributed by atoms with Crippen LogP contribution in [0.15, 0.2) is 23.2 Å². The van der Waals surface area contributed by atoms with Crippen LogP contribution in [-0.4, -0.2) is 50.3 Å². The number of nitrogens with two attached hydrogens (primary N) is 1. The monoisotopic (exact) mass is 459 g/mol. The van der Waals surface area contributed by atoms with Crippen LogP contribution in [0.5, 0.6) is 0 Å². The number of morpholine rings is 1. The normalized spacial score (nSPS) is 15.5. The lowest BCUT2D eigenvalue weighted by molar-refractivity contribution is 0.0672. The maximum atomic E-state index is 6.06. The lowest BCUT2D eigenvalue weighted by atomic mass is 10.2. The topological polar surface area (TPSA) is 60.1 Å². The van der Waals surface area contributed by atoms with Gasteiger partial charge in [0.25, 0.3) is 0 Å². The zero-order chi connectivity index (χ0) is 15.1. The van der Waals surface area contributed by atoms with Crippen molar-refractivity contribution in [3.05, 3.63) is 33.8 Å². The predicted molar refractivity (Wildman–Crippen MR) is 100 cm³/mol. The summed E-state index contributed by atoms with van der Waals surface area (Å²) in [5.74, 6) is 0.548. The Hall–Kier alpha value is -0.280. The van der Waals surface area contributed by atoms with E-state index in [2.05, 4.69) is 4.99 Å². The van der Waals surface area contributed by atoms with Crippen molar-refractivity contribution in [3.8, 4) is 0 Å². The van der Waals surface area contributed by atoms with Crippen LogP contribution in [0.25, 0.3) is 0 Å². The number of ether oxygens (including phenoxy) is 2. The number of rotatable bonds is 5. The molecular formula is C14H20Cl2IN3O2. The average Bonchev–Trinajstić information content (AvgIpc) is 2.49.